The normalized spacial score (nSPS) is 14.1. The molecule has 95 heavy (non-hydrogen) atoms. The first-order valence-electron chi connectivity index (χ1n) is 27.1. The van der Waals surface area contributed by atoms with E-state index in [1.807, 2.05) is 27.9 Å². The summed E-state index contributed by atoms with van der Waals surface area (Å²) in [7, 11) is 2.73. The predicted molar refractivity (Wildman–Crippen MR) is 317 cm³/mol. The van der Waals surface area contributed by atoms with E-state index in [0.29, 0.717) is 16.4 Å². The number of nitrogens with zero attached hydrogens (tertiary/aromatic N) is 5. The number of anilines is 3. The number of carbonyl (C=O) groups excluding carboxylic acids is 3. The number of amides is 3. The van der Waals surface area contributed by atoms with Crippen molar-refractivity contribution in [2.24, 2.45) is 14.1 Å². The molecule has 1 aliphatic carbocycles. The minimum Gasteiger partial charge on any atom is -0.365 e. The number of pyridine rings is 1. The number of aryl methyl sites for hydroxylation is 2. The first-order chi connectivity index (χ1) is 43.9. The van der Waals surface area contributed by atoms with Crippen LogP contribution in [0, 0.1) is 22.1 Å². The number of benzene rings is 3. The molecule has 1 atom stereocenters. The largest absolute Gasteiger partial charge is 0.385 e. The molecule has 514 valence electrons. The third-order valence-electron chi connectivity index (χ3n) is 14.7. The van der Waals surface area contributed by atoms with Crippen LogP contribution >= 0.6 is 57.1 Å². The van der Waals surface area contributed by atoms with E-state index in [1.54, 1.807) is 0 Å². The van der Waals surface area contributed by atoms with Gasteiger partial charge in [-0.15, -0.1) is 11.3 Å². The maximum atomic E-state index is 15.1. The molecular formula is C56H45Cl2F18IN10O7S. The summed E-state index contributed by atoms with van der Waals surface area (Å²) in [5.41, 5.74) is -3.65. The molecule has 0 unspecified atom stereocenters. The van der Waals surface area contributed by atoms with E-state index in [4.69, 9.17) is 23.2 Å². The van der Waals surface area contributed by atoms with Gasteiger partial charge in [0, 0.05) is 53.1 Å². The zero-order valence-electron chi connectivity index (χ0n) is 48.3. The molecule has 4 aromatic heterocycles. The third-order valence-corrected chi connectivity index (χ3v) is 17.0. The Kier molecular flexibility index (Phi) is 20.8. The molecule has 3 amide bonds. The van der Waals surface area contributed by atoms with E-state index in [0.717, 1.165) is 66.8 Å². The Bertz CT molecular complexity index is 4320. The molecule has 0 bridgehead atoms. The maximum Gasteiger partial charge on any atom is 0.385 e. The van der Waals surface area contributed by atoms with E-state index in [-0.39, 0.29) is 71.1 Å². The average Bonchev–Trinajstić information content (AvgIpc) is 1.12. The monoisotopic (exact) mass is 1540 g/mol. The number of alkyl halides is 16. The summed E-state index contributed by atoms with van der Waals surface area (Å²) >= 11 is 15.1. The van der Waals surface area contributed by atoms with Crippen LogP contribution < -0.4 is 43.4 Å². The van der Waals surface area contributed by atoms with Crippen molar-refractivity contribution in [3.05, 3.63) is 151 Å². The number of carbonyl (C=O) groups is 3. The average molecular weight is 1540 g/mol. The molecule has 39 heteroatoms. The van der Waals surface area contributed by atoms with Crippen molar-refractivity contribution in [2.45, 2.75) is 85.7 Å². The first kappa shape index (κ1) is 73.4. The highest BCUT2D eigenvalue weighted by molar-refractivity contribution is 14.1. The lowest BCUT2D eigenvalue weighted by Gasteiger charge is -2.43. The van der Waals surface area contributed by atoms with Gasteiger partial charge >= 0.3 is 53.1 Å². The SMILES string of the molecule is Cc1c(=O)n(C)c(Nc2ccc(I)cc2F)c2c(=O)n(C3CC3)c(=O)n(-c3cccc(NC(=O)COCC(F)(F)C(F)(F)C(F)(F)C(F)(F)C(F)(F)C(F)(F)C(F)(F)C(F)(F)CNC(=O)CNC[C@H](Cc4cccc(F)c4)NC(=O)c4cc(-c5c(Cl)cnn5C)c(Cl)s4)c3)c12. The Hall–Kier alpha value is -7.36. The van der Waals surface area contributed by atoms with E-state index in [2.05, 4.69) is 25.8 Å². The van der Waals surface area contributed by atoms with Gasteiger partial charge in [0.15, 0.2) is 0 Å². The molecule has 1 saturated carbocycles. The minimum absolute atomic E-state index is 0.0466. The fourth-order valence-electron chi connectivity index (χ4n) is 9.58. The first-order valence-corrected chi connectivity index (χ1v) is 29.7. The van der Waals surface area contributed by atoms with Crippen molar-refractivity contribution in [3.63, 3.8) is 0 Å². The molecule has 0 saturated heterocycles. The number of halogens is 21. The second-order valence-corrected chi connectivity index (χ2v) is 24.8. The molecule has 0 aliphatic heterocycles. The van der Waals surface area contributed by atoms with Crippen LogP contribution in [0.3, 0.4) is 0 Å². The van der Waals surface area contributed by atoms with E-state index < -0.39 is 144 Å². The maximum absolute atomic E-state index is 15.1. The van der Waals surface area contributed by atoms with Gasteiger partial charge in [-0.2, -0.15) is 75.3 Å². The van der Waals surface area contributed by atoms with Gasteiger partial charge in [0.25, 0.3) is 17.0 Å². The van der Waals surface area contributed by atoms with Crippen molar-refractivity contribution in [2.75, 3.05) is 43.5 Å². The van der Waals surface area contributed by atoms with Crippen molar-refractivity contribution < 1.29 is 98.1 Å². The fraction of sp³-hybridized carbons (Fsp3) is 0.375. The van der Waals surface area contributed by atoms with Crippen molar-refractivity contribution in [1.29, 1.82) is 0 Å². The number of hydrogen-bond donors (Lipinski definition) is 5. The number of aromatic nitrogens is 5. The summed E-state index contributed by atoms with van der Waals surface area (Å²) in [6.45, 7) is -9.27. The van der Waals surface area contributed by atoms with E-state index in [1.165, 1.54) is 68.3 Å². The lowest BCUT2D eigenvalue weighted by molar-refractivity contribution is -0.453. The lowest BCUT2D eigenvalue weighted by atomic mass is 9.87. The molecule has 0 radical (unpaired) electrons. The van der Waals surface area contributed by atoms with Gasteiger partial charge < -0.3 is 31.3 Å². The second kappa shape index (κ2) is 26.9. The number of fused-ring (bicyclic) bond motifs is 1. The Morgan fingerprint density at radius 1 is 0.768 bits per heavy atom. The van der Waals surface area contributed by atoms with Crippen molar-refractivity contribution in [3.8, 4) is 16.9 Å². The van der Waals surface area contributed by atoms with Gasteiger partial charge in [-0.3, -0.25) is 42.4 Å². The van der Waals surface area contributed by atoms with Crippen LogP contribution in [0.1, 0.15) is 39.7 Å². The van der Waals surface area contributed by atoms with Gasteiger partial charge in [-0.25, -0.2) is 13.6 Å². The molecule has 17 nitrogen and oxygen atoms in total. The number of nitrogens with one attached hydrogen (secondary N) is 5. The third kappa shape index (κ3) is 13.9. The molecule has 5 N–H and O–H groups in total. The quantitative estimate of drug-likeness (QED) is 0.0243. The van der Waals surface area contributed by atoms with Crippen LogP contribution in [0.5, 0.6) is 0 Å². The highest BCUT2D eigenvalue weighted by Crippen LogP contribution is 2.64. The standard InChI is InChI=1S/C56H45Cl2F18IN10O7S/c1-25-41-40(44(84(2)46(25)91)83-36-13-10-28(77)16-35(36)60)47(92)87(31-11-12-31)48(93)86(41)32-9-5-8-29(17-32)81-39(89)22-94-24-50(63,64)52(67,68)54(71,72)56(75,76)55(73,74)53(69,70)51(65,66)49(61,62)23-79-38(88)21-78-19-30(15-26-6-4-7-27(59)14-26)82-45(90)37-18-33(43(58)95-37)42-34(57)20-80-85(42)3/h4-10,13-14,16-18,20,30-31,78,83H,11-12,15,19,21-24H2,1-3H3,(H,79,88)(H,81,89)(H,82,90)/t30-/m0/s1. The molecule has 0 spiro atoms. The van der Waals surface area contributed by atoms with Gasteiger partial charge in [-0.1, -0.05) is 41.4 Å². The van der Waals surface area contributed by atoms with Crippen LogP contribution in [0.15, 0.2) is 93.4 Å². The number of ether oxygens (including phenoxy) is 1. The van der Waals surface area contributed by atoms with E-state index >= 15 is 4.39 Å². The summed E-state index contributed by atoms with van der Waals surface area (Å²) in [5, 5.41) is 14.0. The lowest BCUT2D eigenvalue weighted by Crippen LogP contribution is -2.75. The highest BCUT2D eigenvalue weighted by atomic mass is 127. The van der Waals surface area contributed by atoms with Gasteiger partial charge in [0.2, 0.25) is 11.8 Å². The summed E-state index contributed by atoms with van der Waals surface area (Å²) in [4.78, 5) is 80.7. The summed E-state index contributed by atoms with van der Waals surface area (Å²) in [6.07, 6.45) is 1.62. The number of rotatable bonds is 27. The van der Waals surface area contributed by atoms with Crippen molar-refractivity contribution in [1.82, 2.24) is 39.4 Å². The van der Waals surface area contributed by atoms with Gasteiger partial charge in [-0.05, 0) is 109 Å². The molecule has 8 rings (SSSR count). The molecule has 1 aliphatic rings. The predicted octanol–water partition coefficient (Wildman–Crippen LogP) is 11.7. The van der Waals surface area contributed by atoms with Gasteiger partial charge in [0.1, 0.15) is 40.4 Å². The zero-order valence-corrected chi connectivity index (χ0v) is 52.7. The number of thiophene rings is 1. The molecule has 7 aromatic rings. The summed E-state index contributed by atoms with van der Waals surface area (Å²) in [6, 6.07) is 12.1. The summed E-state index contributed by atoms with van der Waals surface area (Å²) in [5.74, 6) is -71.3. The topological polar surface area (TPSA) is 204 Å². The van der Waals surface area contributed by atoms with E-state index in [9.17, 15) is 103 Å². The second-order valence-electron chi connectivity index (χ2n) is 21.5. The summed E-state index contributed by atoms with van der Waals surface area (Å²) < 4.78 is 276. The van der Waals surface area contributed by atoms with Crippen LogP contribution in [-0.4, -0.2) is 127 Å². The smallest absolute Gasteiger partial charge is 0.365 e. The van der Waals surface area contributed by atoms with Crippen LogP contribution in [0.2, 0.25) is 9.36 Å². The Balaban J connectivity index is 0.913. The minimum atomic E-state index is -8.84. The molecule has 3 aromatic carbocycles. The molecule has 1 fully saturated rings. The van der Waals surface area contributed by atoms with Crippen LogP contribution in [0.4, 0.5) is 96.2 Å². The molecular weight excluding hydrogens is 1500 g/mol. The number of hydrogen-bond acceptors (Lipinski definition) is 11. The fourth-order valence-corrected chi connectivity index (χ4v) is 11.5. The van der Waals surface area contributed by atoms with Crippen LogP contribution in [-0.2, 0) is 34.8 Å². The van der Waals surface area contributed by atoms with Crippen LogP contribution in [0.25, 0.3) is 27.8 Å². The highest BCUT2D eigenvalue weighted by Gasteiger charge is 2.94. The Morgan fingerprint density at radius 3 is 1.99 bits per heavy atom. The Morgan fingerprint density at radius 2 is 1.39 bits per heavy atom. The van der Waals surface area contributed by atoms with Gasteiger partial charge in [0.05, 0.1) is 51.8 Å². The molecule has 4 heterocycles. The zero-order chi connectivity index (χ0) is 70.7. The van der Waals surface area contributed by atoms with Crippen molar-refractivity contribution >= 4 is 103 Å². The Labute approximate surface area is 548 Å².